The molecule has 1 unspecified atom stereocenters. The molecule has 3 nitrogen and oxygen atoms in total. The molecule has 2 aromatic rings. The highest BCUT2D eigenvalue weighted by Crippen LogP contribution is 2.31. The average Bonchev–Trinajstić information content (AvgIpc) is 2.87. The lowest BCUT2D eigenvalue weighted by Gasteiger charge is -2.14. The minimum atomic E-state index is 0.148. The van der Waals surface area contributed by atoms with Crippen molar-refractivity contribution in [3.05, 3.63) is 50.7 Å². The number of benzene rings is 1. The Kier molecular flexibility index (Phi) is 4.51. The minimum Gasteiger partial charge on any atom is -0.306 e. The van der Waals surface area contributed by atoms with Gasteiger partial charge in [-0.3, -0.25) is 5.10 Å². The molecule has 0 saturated heterocycles. The maximum absolute atomic E-state index is 6.13. The molecule has 0 radical (unpaired) electrons. The average molecular weight is 305 g/mol. The third-order valence-electron chi connectivity index (χ3n) is 2.74. The monoisotopic (exact) mass is 303 g/mol. The SMILES string of the molecule is CC(NCc1c(Cl)ccc(Cl)c1Cl)c1cn[nH]c1. The van der Waals surface area contributed by atoms with Crippen LogP contribution in [-0.4, -0.2) is 10.2 Å². The van der Waals surface area contributed by atoms with E-state index in [0.717, 1.165) is 11.1 Å². The number of aromatic nitrogens is 2. The van der Waals surface area contributed by atoms with Crippen molar-refractivity contribution < 1.29 is 0 Å². The number of nitrogens with one attached hydrogen (secondary N) is 2. The highest BCUT2D eigenvalue weighted by atomic mass is 35.5. The van der Waals surface area contributed by atoms with Crippen molar-refractivity contribution in [1.82, 2.24) is 15.5 Å². The quantitative estimate of drug-likeness (QED) is 0.830. The van der Waals surface area contributed by atoms with Gasteiger partial charge in [-0.15, -0.1) is 0 Å². The fourth-order valence-electron chi connectivity index (χ4n) is 1.60. The Bertz CT molecular complexity index is 526. The van der Waals surface area contributed by atoms with E-state index in [0.29, 0.717) is 21.6 Å². The van der Waals surface area contributed by atoms with Crippen molar-refractivity contribution in [3.8, 4) is 0 Å². The van der Waals surface area contributed by atoms with E-state index in [1.54, 1.807) is 18.3 Å². The maximum Gasteiger partial charge on any atom is 0.0652 e. The molecule has 1 aromatic carbocycles. The first-order chi connectivity index (χ1) is 8.59. The van der Waals surface area contributed by atoms with Gasteiger partial charge in [-0.1, -0.05) is 34.8 Å². The molecule has 1 heterocycles. The lowest BCUT2D eigenvalue weighted by atomic mass is 10.1. The second-order valence-electron chi connectivity index (χ2n) is 3.96. The van der Waals surface area contributed by atoms with Gasteiger partial charge in [0.1, 0.15) is 0 Å². The molecule has 0 aliphatic carbocycles. The molecule has 1 aromatic heterocycles. The van der Waals surface area contributed by atoms with E-state index in [9.17, 15) is 0 Å². The van der Waals surface area contributed by atoms with Crippen molar-refractivity contribution >= 4 is 34.8 Å². The Hall–Kier alpha value is -0.740. The third kappa shape index (κ3) is 2.98. The molecule has 0 spiro atoms. The van der Waals surface area contributed by atoms with Gasteiger partial charge in [0.2, 0.25) is 0 Å². The van der Waals surface area contributed by atoms with Crippen LogP contribution < -0.4 is 5.32 Å². The number of hydrogen-bond acceptors (Lipinski definition) is 2. The molecule has 2 N–H and O–H groups in total. The molecule has 18 heavy (non-hydrogen) atoms. The van der Waals surface area contributed by atoms with Gasteiger partial charge in [-0.2, -0.15) is 5.10 Å². The Morgan fingerprint density at radius 2 is 2.00 bits per heavy atom. The summed E-state index contributed by atoms with van der Waals surface area (Å²) in [5, 5.41) is 11.6. The fraction of sp³-hybridized carbons (Fsp3) is 0.250. The van der Waals surface area contributed by atoms with E-state index in [1.165, 1.54) is 0 Å². The van der Waals surface area contributed by atoms with Crippen molar-refractivity contribution in [2.24, 2.45) is 0 Å². The first-order valence-electron chi connectivity index (χ1n) is 5.44. The van der Waals surface area contributed by atoms with Crippen LogP contribution >= 0.6 is 34.8 Å². The summed E-state index contributed by atoms with van der Waals surface area (Å²) in [6.07, 6.45) is 3.62. The van der Waals surface area contributed by atoms with Gasteiger partial charge in [0.25, 0.3) is 0 Å². The summed E-state index contributed by atoms with van der Waals surface area (Å²) < 4.78 is 0. The predicted molar refractivity (Wildman–Crippen MR) is 75.3 cm³/mol. The van der Waals surface area contributed by atoms with Crippen LogP contribution in [-0.2, 0) is 6.54 Å². The molecule has 0 bridgehead atoms. The zero-order chi connectivity index (χ0) is 13.1. The number of hydrogen-bond donors (Lipinski definition) is 2. The van der Waals surface area contributed by atoms with E-state index in [4.69, 9.17) is 34.8 Å². The van der Waals surface area contributed by atoms with Crippen molar-refractivity contribution in [1.29, 1.82) is 0 Å². The molecule has 1 atom stereocenters. The van der Waals surface area contributed by atoms with Crippen molar-refractivity contribution in [2.75, 3.05) is 0 Å². The van der Waals surface area contributed by atoms with Gasteiger partial charge in [0.15, 0.2) is 0 Å². The predicted octanol–water partition coefficient (Wildman–Crippen LogP) is 4.22. The molecule has 0 amide bonds. The topological polar surface area (TPSA) is 40.7 Å². The van der Waals surface area contributed by atoms with Gasteiger partial charge >= 0.3 is 0 Å². The Labute approximate surface area is 120 Å². The standard InChI is InChI=1S/C12H12Cl3N3/c1-7(8-4-17-18-5-8)16-6-9-10(13)2-3-11(14)12(9)15/h2-5,7,16H,6H2,1H3,(H,17,18). The maximum atomic E-state index is 6.13. The largest absolute Gasteiger partial charge is 0.306 e. The number of H-pyrrole nitrogens is 1. The summed E-state index contributed by atoms with van der Waals surface area (Å²) in [4.78, 5) is 0. The molecule has 6 heteroatoms. The Morgan fingerprint density at radius 1 is 1.28 bits per heavy atom. The molecule has 0 fully saturated rings. The van der Waals surface area contributed by atoms with Crippen LogP contribution in [0.4, 0.5) is 0 Å². The van der Waals surface area contributed by atoms with Crippen LogP contribution in [0, 0.1) is 0 Å². The molecular weight excluding hydrogens is 293 g/mol. The molecule has 96 valence electrons. The molecule has 2 rings (SSSR count). The first kappa shape index (κ1) is 13.7. The van der Waals surface area contributed by atoms with Crippen LogP contribution in [0.25, 0.3) is 0 Å². The number of nitrogens with zero attached hydrogens (tertiary/aromatic N) is 1. The van der Waals surface area contributed by atoms with Gasteiger partial charge < -0.3 is 5.32 Å². The Balaban J connectivity index is 2.09. The van der Waals surface area contributed by atoms with E-state index < -0.39 is 0 Å². The van der Waals surface area contributed by atoms with Crippen LogP contribution in [0.1, 0.15) is 24.1 Å². The van der Waals surface area contributed by atoms with Gasteiger partial charge in [-0.05, 0) is 19.1 Å². The van der Waals surface area contributed by atoms with Crippen molar-refractivity contribution in [3.63, 3.8) is 0 Å². The number of rotatable bonds is 4. The van der Waals surface area contributed by atoms with Crippen LogP contribution in [0.15, 0.2) is 24.5 Å². The lowest BCUT2D eigenvalue weighted by Crippen LogP contribution is -2.18. The zero-order valence-corrected chi connectivity index (χ0v) is 11.9. The number of halogens is 3. The van der Waals surface area contributed by atoms with Gasteiger partial charge in [0.05, 0.1) is 16.2 Å². The van der Waals surface area contributed by atoms with E-state index >= 15 is 0 Å². The minimum absolute atomic E-state index is 0.148. The number of aromatic amines is 1. The summed E-state index contributed by atoms with van der Waals surface area (Å²) >= 11 is 18.2. The van der Waals surface area contributed by atoms with Gasteiger partial charge in [-0.25, -0.2) is 0 Å². The van der Waals surface area contributed by atoms with Gasteiger partial charge in [0, 0.05) is 34.9 Å². The summed E-state index contributed by atoms with van der Waals surface area (Å²) in [5.41, 5.74) is 1.88. The second-order valence-corrected chi connectivity index (χ2v) is 5.15. The molecule has 0 aliphatic rings. The van der Waals surface area contributed by atoms with Crippen LogP contribution in [0.5, 0.6) is 0 Å². The van der Waals surface area contributed by atoms with Crippen LogP contribution in [0.3, 0.4) is 0 Å². The summed E-state index contributed by atoms with van der Waals surface area (Å²) in [6.45, 7) is 2.59. The van der Waals surface area contributed by atoms with Crippen molar-refractivity contribution in [2.45, 2.75) is 19.5 Å². The summed E-state index contributed by atoms with van der Waals surface area (Å²) in [6, 6.07) is 3.58. The normalized spacial score (nSPS) is 12.7. The highest BCUT2D eigenvalue weighted by molar-refractivity contribution is 6.44. The fourth-order valence-corrected chi connectivity index (χ4v) is 2.28. The summed E-state index contributed by atoms with van der Waals surface area (Å²) in [5.74, 6) is 0. The smallest absolute Gasteiger partial charge is 0.0652 e. The molecular formula is C12H12Cl3N3. The highest BCUT2D eigenvalue weighted by Gasteiger charge is 2.12. The zero-order valence-electron chi connectivity index (χ0n) is 9.67. The van der Waals surface area contributed by atoms with E-state index in [-0.39, 0.29) is 6.04 Å². The molecule has 0 saturated carbocycles. The summed E-state index contributed by atoms with van der Waals surface area (Å²) in [7, 11) is 0. The third-order valence-corrected chi connectivity index (χ3v) is 3.94. The lowest BCUT2D eigenvalue weighted by molar-refractivity contribution is 0.575. The second kappa shape index (κ2) is 5.93. The van der Waals surface area contributed by atoms with Crippen LogP contribution in [0.2, 0.25) is 15.1 Å². The van der Waals surface area contributed by atoms with E-state index in [1.807, 2.05) is 13.1 Å². The first-order valence-corrected chi connectivity index (χ1v) is 6.57. The van der Waals surface area contributed by atoms with E-state index in [2.05, 4.69) is 15.5 Å². The molecule has 0 aliphatic heterocycles. The Morgan fingerprint density at radius 3 is 2.67 bits per heavy atom.